The van der Waals surface area contributed by atoms with E-state index >= 15 is 0 Å². The van der Waals surface area contributed by atoms with E-state index in [4.69, 9.17) is 0 Å². The predicted octanol–water partition coefficient (Wildman–Crippen LogP) is 4.01. The van der Waals surface area contributed by atoms with Crippen molar-refractivity contribution >= 4 is 5.69 Å². The number of hydrogen-bond donors (Lipinski definition) is 1. The van der Waals surface area contributed by atoms with Crippen LogP contribution in [0, 0.1) is 24.0 Å². The zero-order chi connectivity index (χ0) is 17.4. The molecule has 0 bridgehead atoms. The molecule has 2 aromatic carbocycles. The Morgan fingerprint density at radius 1 is 1.00 bits per heavy atom. The van der Waals surface area contributed by atoms with Crippen LogP contribution in [0.5, 0.6) is 0 Å². The smallest absolute Gasteiger partial charge is 0.372 e. The number of aliphatic hydroxyl groups is 1. The van der Waals surface area contributed by atoms with Crippen LogP contribution in [-0.2, 0) is 5.60 Å². The van der Waals surface area contributed by atoms with E-state index in [-0.39, 0.29) is 22.4 Å². The minimum atomic E-state index is -4.98. The van der Waals surface area contributed by atoms with Gasteiger partial charge in [0.05, 0.1) is 4.92 Å². The summed E-state index contributed by atoms with van der Waals surface area (Å²) in [7, 11) is 0. The van der Waals surface area contributed by atoms with E-state index in [0.29, 0.717) is 0 Å². The van der Waals surface area contributed by atoms with E-state index in [9.17, 15) is 28.4 Å². The average molecular weight is 325 g/mol. The second kappa shape index (κ2) is 5.66. The minimum Gasteiger partial charge on any atom is -0.372 e. The van der Waals surface area contributed by atoms with E-state index in [1.807, 2.05) is 0 Å². The third kappa shape index (κ3) is 2.79. The summed E-state index contributed by atoms with van der Waals surface area (Å²) < 4.78 is 40.8. The van der Waals surface area contributed by atoms with E-state index < -0.39 is 22.3 Å². The van der Waals surface area contributed by atoms with Gasteiger partial charge in [-0.25, -0.2) is 0 Å². The first-order chi connectivity index (χ1) is 10.6. The molecule has 1 atom stereocenters. The zero-order valence-corrected chi connectivity index (χ0v) is 12.4. The van der Waals surface area contributed by atoms with Gasteiger partial charge < -0.3 is 5.11 Å². The van der Waals surface area contributed by atoms with Gasteiger partial charge in [0.25, 0.3) is 5.69 Å². The highest BCUT2D eigenvalue weighted by Crippen LogP contribution is 2.45. The second-order valence-corrected chi connectivity index (χ2v) is 5.29. The number of hydrogen-bond acceptors (Lipinski definition) is 3. The molecular formula is C16H14F3NO3. The predicted molar refractivity (Wildman–Crippen MR) is 78.1 cm³/mol. The average Bonchev–Trinajstić information content (AvgIpc) is 2.44. The van der Waals surface area contributed by atoms with Gasteiger partial charge in [-0.3, -0.25) is 10.1 Å². The summed E-state index contributed by atoms with van der Waals surface area (Å²) in [5, 5.41) is 21.5. The number of rotatable bonds is 3. The highest BCUT2D eigenvalue weighted by Gasteiger charge is 2.56. The number of nitrogens with zero attached hydrogens (tertiary/aromatic N) is 1. The van der Waals surface area contributed by atoms with E-state index in [1.54, 1.807) is 0 Å². The summed E-state index contributed by atoms with van der Waals surface area (Å²) >= 11 is 0. The van der Waals surface area contributed by atoms with Crippen molar-refractivity contribution in [3.8, 4) is 0 Å². The number of nitro groups is 1. The molecule has 0 amide bonds. The van der Waals surface area contributed by atoms with Crippen molar-refractivity contribution in [2.75, 3.05) is 0 Å². The molecule has 0 aromatic heterocycles. The van der Waals surface area contributed by atoms with E-state index in [0.717, 1.165) is 12.1 Å². The Labute approximate surface area is 130 Å². The molecule has 0 aliphatic carbocycles. The molecule has 0 saturated carbocycles. The Hall–Kier alpha value is -2.41. The highest BCUT2D eigenvalue weighted by molar-refractivity contribution is 5.52. The Morgan fingerprint density at radius 3 is 1.87 bits per heavy atom. The zero-order valence-electron chi connectivity index (χ0n) is 12.4. The van der Waals surface area contributed by atoms with Crippen molar-refractivity contribution in [1.29, 1.82) is 0 Å². The fourth-order valence-corrected chi connectivity index (χ4v) is 2.63. The lowest BCUT2D eigenvalue weighted by molar-refractivity contribution is -0.386. The molecule has 2 aromatic rings. The minimum absolute atomic E-state index is 0.0589. The Balaban J connectivity index is 2.75. The van der Waals surface area contributed by atoms with Crippen molar-refractivity contribution in [3.63, 3.8) is 0 Å². The van der Waals surface area contributed by atoms with Crippen LogP contribution < -0.4 is 0 Å². The summed E-state index contributed by atoms with van der Waals surface area (Å²) in [5.74, 6) is 0. The molecule has 1 unspecified atom stereocenters. The number of nitro benzene ring substituents is 1. The monoisotopic (exact) mass is 325 g/mol. The summed E-state index contributed by atoms with van der Waals surface area (Å²) in [4.78, 5) is 10.3. The van der Waals surface area contributed by atoms with Crippen LogP contribution in [0.1, 0.15) is 22.3 Å². The molecule has 23 heavy (non-hydrogen) atoms. The van der Waals surface area contributed by atoms with Gasteiger partial charge >= 0.3 is 6.18 Å². The quantitative estimate of drug-likeness (QED) is 0.685. The first-order valence-electron chi connectivity index (χ1n) is 6.69. The molecule has 122 valence electrons. The third-order valence-corrected chi connectivity index (χ3v) is 3.69. The molecule has 4 nitrogen and oxygen atoms in total. The Morgan fingerprint density at radius 2 is 1.48 bits per heavy atom. The van der Waals surface area contributed by atoms with Gasteiger partial charge in [-0.2, -0.15) is 13.2 Å². The summed E-state index contributed by atoms with van der Waals surface area (Å²) in [5.41, 5.74) is -4.17. The van der Waals surface area contributed by atoms with Crippen molar-refractivity contribution in [2.45, 2.75) is 25.6 Å². The highest BCUT2D eigenvalue weighted by atomic mass is 19.4. The first kappa shape index (κ1) is 17.0. The van der Waals surface area contributed by atoms with Crippen molar-refractivity contribution in [3.05, 3.63) is 74.8 Å². The topological polar surface area (TPSA) is 63.4 Å². The molecular weight excluding hydrogens is 311 g/mol. The van der Waals surface area contributed by atoms with E-state index in [1.165, 1.54) is 44.2 Å². The van der Waals surface area contributed by atoms with Crippen LogP contribution in [0.25, 0.3) is 0 Å². The molecule has 1 N–H and O–H groups in total. The first-order valence-corrected chi connectivity index (χ1v) is 6.69. The second-order valence-electron chi connectivity index (χ2n) is 5.29. The van der Waals surface area contributed by atoms with Crippen molar-refractivity contribution in [1.82, 2.24) is 0 Å². The van der Waals surface area contributed by atoms with Crippen LogP contribution in [0.4, 0.5) is 18.9 Å². The molecule has 0 saturated heterocycles. The molecule has 0 heterocycles. The number of benzene rings is 2. The van der Waals surface area contributed by atoms with Crippen LogP contribution in [-0.4, -0.2) is 16.2 Å². The number of halogens is 3. The fourth-order valence-electron chi connectivity index (χ4n) is 2.63. The van der Waals surface area contributed by atoms with Gasteiger partial charge in [0.15, 0.2) is 0 Å². The summed E-state index contributed by atoms with van der Waals surface area (Å²) in [6, 6.07) is 8.65. The van der Waals surface area contributed by atoms with Gasteiger partial charge in [-0.05, 0) is 37.1 Å². The lowest BCUT2D eigenvalue weighted by Crippen LogP contribution is -2.43. The molecule has 0 aliphatic heterocycles. The maximum atomic E-state index is 13.6. The molecule has 0 aliphatic rings. The Bertz CT molecular complexity index is 721. The molecule has 0 fully saturated rings. The number of aryl methyl sites for hydroxylation is 2. The van der Waals surface area contributed by atoms with Gasteiger partial charge in [0, 0.05) is 11.1 Å². The normalized spacial score (nSPS) is 14.3. The maximum Gasteiger partial charge on any atom is 0.425 e. The lowest BCUT2D eigenvalue weighted by Gasteiger charge is -2.32. The van der Waals surface area contributed by atoms with Crippen molar-refractivity contribution < 1.29 is 23.2 Å². The van der Waals surface area contributed by atoms with Gasteiger partial charge in [0.1, 0.15) is 0 Å². The van der Waals surface area contributed by atoms with Crippen LogP contribution in [0.3, 0.4) is 0 Å². The third-order valence-electron chi connectivity index (χ3n) is 3.69. The van der Waals surface area contributed by atoms with Gasteiger partial charge in [-0.1, -0.05) is 30.3 Å². The fraction of sp³-hybridized carbons (Fsp3) is 0.250. The molecule has 2 rings (SSSR count). The molecule has 0 radical (unpaired) electrons. The summed E-state index contributed by atoms with van der Waals surface area (Å²) in [6.07, 6.45) is -4.98. The molecule has 7 heteroatoms. The largest absolute Gasteiger partial charge is 0.425 e. The van der Waals surface area contributed by atoms with E-state index in [2.05, 4.69) is 0 Å². The van der Waals surface area contributed by atoms with Gasteiger partial charge in [0.2, 0.25) is 5.60 Å². The standard InChI is InChI=1S/C16H14F3NO3/c1-10-8-13(9-11(2)14(10)20(22)23)15(21,16(17,18)19)12-6-4-3-5-7-12/h3-9,21H,1-2H3. The SMILES string of the molecule is Cc1cc(C(O)(c2ccccc2)C(F)(F)F)cc(C)c1[N+](=O)[O-]. The molecule has 0 spiro atoms. The number of alkyl halides is 3. The van der Waals surface area contributed by atoms with Crippen molar-refractivity contribution in [2.24, 2.45) is 0 Å². The summed E-state index contributed by atoms with van der Waals surface area (Å²) in [6.45, 7) is 2.69. The Kier molecular flexibility index (Phi) is 4.17. The van der Waals surface area contributed by atoms with Gasteiger partial charge in [-0.15, -0.1) is 0 Å². The van der Waals surface area contributed by atoms with Crippen LogP contribution in [0.2, 0.25) is 0 Å². The maximum absolute atomic E-state index is 13.6. The van der Waals surface area contributed by atoms with Crippen LogP contribution in [0.15, 0.2) is 42.5 Å². The van der Waals surface area contributed by atoms with Crippen LogP contribution >= 0.6 is 0 Å². The lowest BCUT2D eigenvalue weighted by atomic mass is 9.84.